The fraction of sp³-hybridized carbons (Fsp3) is 0.500. The van der Waals surface area contributed by atoms with Gasteiger partial charge in [0.25, 0.3) is 0 Å². The van der Waals surface area contributed by atoms with Crippen LogP contribution in [-0.4, -0.2) is 30.4 Å². The molecule has 112 valence electrons. The Kier molecular flexibility index (Phi) is 5.56. The third-order valence-electron chi connectivity index (χ3n) is 3.14. The Labute approximate surface area is 116 Å². The van der Waals surface area contributed by atoms with Gasteiger partial charge in [-0.05, 0) is 25.5 Å². The van der Waals surface area contributed by atoms with E-state index in [1.54, 1.807) is 20.0 Å². The fourth-order valence-corrected chi connectivity index (χ4v) is 1.79. The first-order valence-electron chi connectivity index (χ1n) is 6.40. The highest BCUT2D eigenvalue weighted by Crippen LogP contribution is 2.31. The van der Waals surface area contributed by atoms with Gasteiger partial charge in [-0.2, -0.15) is 13.2 Å². The van der Waals surface area contributed by atoms with E-state index in [0.717, 1.165) is 6.07 Å². The molecule has 1 atom stereocenters. The van der Waals surface area contributed by atoms with Gasteiger partial charge in [-0.1, -0.05) is 18.2 Å². The minimum absolute atomic E-state index is 0.000143. The number of likely N-dealkylation sites (N-methyl/N-ethyl adjacent to an activating group) is 1. The van der Waals surface area contributed by atoms with Crippen molar-refractivity contribution < 1.29 is 18.0 Å². The lowest BCUT2D eigenvalue weighted by molar-refractivity contribution is -0.138. The monoisotopic (exact) mass is 288 g/mol. The second-order valence-electron chi connectivity index (χ2n) is 4.61. The number of alkyl halides is 3. The molecule has 0 aliphatic carbocycles. The molecule has 20 heavy (non-hydrogen) atoms. The summed E-state index contributed by atoms with van der Waals surface area (Å²) < 4.78 is 38.4. The quantitative estimate of drug-likeness (QED) is 0.903. The van der Waals surface area contributed by atoms with E-state index in [9.17, 15) is 18.0 Å². The number of rotatable bonds is 5. The van der Waals surface area contributed by atoms with Crippen LogP contribution in [0.3, 0.4) is 0 Å². The van der Waals surface area contributed by atoms with Gasteiger partial charge < -0.3 is 10.2 Å². The van der Waals surface area contributed by atoms with Crippen molar-refractivity contribution in [2.75, 3.05) is 13.6 Å². The highest BCUT2D eigenvalue weighted by Gasteiger charge is 2.32. The van der Waals surface area contributed by atoms with Crippen LogP contribution in [-0.2, 0) is 17.5 Å². The molecule has 1 amide bonds. The standard InChI is InChI=1S/C14H19F3N2O/c1-4-19(3)13(20)10(2)18-9-11-7-5-6-8-12(11)14(15,16)17/h5-8,10,18H,4,9H2,1-3H3. The van der Waals surface area contributed by atoms with Crippen LogP contribution in [0.15, 0.2) is 24.3 Å². The Bertz CT molecular complexity index is 460. The van der Waals surface area contributed by atoms with E-state index in [1.807, 2.05) is 6.92 Å². The molecule has 6 heteroatoms. The lowest BCUT2D eigenvalue weighted by atomic mass is 10.1. The second kappa shape index (κ2) is 6.74. The Balaban J connectivity index is 2.74. The molecule has 1 aromatic carbocycles. The van der Waals surface area contributed by atoms with Gasteiger partial charge >= 0.3 is 6.18 Å². The van der Waals surface area contributed by atoms with E-state index in [0.29, 0.717) is 6.54 Å². The number of carbonyl (C=O) groups is 1. The molecule has 0 saturated heterocycles. The van der Waals surface area contributed by atoms with Crippen molar-refractivity contribution in [2.24, 2.45) is 0 Å². The molecule has 1 aromatic rings. The molecule has 0 saturated carbocycles. The number of hydrogen-bond donors (Lipinski definition) is 1. The average Bonchev–Trinajstić information content (AvgIpc) is 2.42. The van der Waals surface area contributed by atoms with Crippen LogP contribution in [0.2, 0.25) is 0 Å². The molecule has 0 aliphatic rings. The van der Waals surface area contributed by atoms with Gasteiger partial charge in [0.05, 0.1) is 11.6 Å². The van der Waals surface area contributed by atoms with Crippen LogP contribution >= 0.6 is 0 Å². The summed E-state index contributed by atoms with van der Waals surface area (Å²) in [6, 6.07) is 4.84. The van der Waals surface area contributed by atoms with Gasteiger partial charge in [0.2, 0.25) is 5.91 Å². The SMILES string of the molecule is CCN(C)C(=O)C(C)NCc1ccccc1C(F)(F)F. The minimum Gasteiger partial charge on any atom is -0.345 e. The second-order valence-corrected chi connectivity index (χ2v) is 4.61. The van der Waals surface area contributed by atoms with Crippen molar-refractivity contribution in [2.45, 2.75) is 32.6 Å². The van der Waals surface area contributed by atoms with E-state index < -0.39 is 17.8 Å². The summed E-state index contributed by atoms with van der Waals surface area (Å²) in [7, 11) is 1.66. The zero-order chi connectivity index (χ0) is 15.3. The van der Waals surface area contributed by atoms with Crippen molar-refractivity contribution in [3.05, 3.63) is 35.4 Å². The number of halogens is 3. The molecule has 0 spiro atoms. The summed E-state index contributed by atoms with van der Waals surface area (Å²) in [5.41, 5.74) is -0.533. The van der Waals surface area contributed by atoms with Crippen LogP contribution in [0.5, 0.6) is 0 Å². The van der Waals surface area contributed by atoms with Crippen molar-refractivity contribution in [1.82, 2.24) is 10.2 Å². The van der Waals surface area contributed by atoms with Crippen LogP contribution in [0.1, 0.15) is 25.0 Å². The molecule has 0 heterocycles. The Morgan fingerprint density at radius 3 is 2.50 bits per heavy atom. The Morgan fingerprint density at radius 2 is 1.95 bits per heavy atom. The third-order valence-corrected chi connectivity index (χ3v) is 3.14. The van der Waals surface area contributed by atoms with E-state index in [-0.39, 0.29) is 18.0 Å². The molecular formula is C14H19F3N2O. The summed E-state index contributed by atoms with van der Waals surface area (Å²) >= 11 is 0. The summed E-state index contributed by atoms with van der Waals surface area (Å²) in [5, 5.41) is 2.84. The first kappa shape index (κ1) is 16.5. The smallest absolute Gasteiger partial charge is 0.345 e. The van der Waals surface area contributed by atoms with Crippen molar-refractivity contribution in [1.29, 1.82) is 0 Å². The predicted octanol–water partition coefficient (Wildman–Crippen LogP) is 2.66. The lowest BCUT2D eigenvalue weighted by Crippen LogP contribution is -2.42. The van der Waals surface area contributed by atoms with Gasteiger partial charge in [0.1, 0.15) is 0 Å². The number of amides is 1. The van der Waals surface area contributed by atoms with Crippen molar-refractivity contribution >= 4 is 5.91 Å². The number of carbonyl (C=O) groups excluding carboxylic acids is 1. The first-order chi connectivity index (χ1) is 9.27. The topological polar surface area (TPSA) is 32.3 Å². The number of nitrogens with zero attached hydrogens (tertiary/aromatic N) is 1. The summed E-state index contributed by atoms with van der Waals surface area (Å²) in [5.74, 6) is -0.142. The summed E-state index contributed by atoms with van der Waals surface area (Å²) in [6.07, 6.45) is -4.38. The van der Waals surface area contributed by atoms with Gasteiger partial charge in [-0.15, -0.1) is 0 Å². The zero-order valence-corrected chi connectivity index (χ0v) is 11.8. The van der Waals surface area contributed by atoms with Gasteiger partial charge in [-0.3, -0.25) is 4.79 Å². The molecule has 0 aliphatic heterocycles. The average molecular weight is 288 g/mol. The maximum absolute atomic E-state index is 12.8. The fourth-order valence-electron chi connectivity index (χ4n) is 1.79. The zero-order valence-electron chi connectivity index (χ0n) is 11.8. The molecule has 0 fully saturated rings. The molecule has 1 N–H and O–H groups in total. The number of benzene rings is 1. The molecule has 1 unspecified atom stereocenters. The molecule has 0 radical (unpaired) electrons. The normalized spacial score (nSPS) is 13.1. The predicted molar refractivity (Wildman–Crippen MR) is 71.1 cm³/mol. The van der Waals surface area contributed by atoms with Crippen molar-refractivity contribution in [3.63, 3.8) is 0 Å². The minimum atomic E-state index is -4.38. The largest absolute Gasteiger partial charge is 0.416 e. The number of hydrogen-bond acceptors (Lipinski definition) is 2. The molecule has 0 aromatic heterocycles. The van der Waals surface area contributed by atoms with Crippen LogP contribution in [0.4, 0.5) is 13.2 Å². The van der Waals surface area contributed by atoms with E-state index in [1.165, 1.54) is 17.0 Å². The highest BCUT2D eigenvalue weighted by molar-refractivity contribution is 5.81. The van der Waals surface area contributed by atoms with E-state index in [4.69, 9.17) is 0 Å². The Hall–Kier alpha value is -1.56. The van der Waals surface area contributed by atoms with E-state index in [2.05, 4.69) is 5.32 Å². The lowest BCUT2D eigenvalue weighted by Gasteiger charge is -2.21. The van der Waals surface area contributed by atoms with Crippen LogP contribution < -0.4 is 5.32 Å². The van der Waals surface area contributed by atoms with Gasteiger partial charge in [0, 0.05) is 20.1 Å². The number of nitrogens with one attached hydrogen (secondary N) is 1. The first-order valence-corrected chi connectivity index (χ1v) is 6.40. The molecule has 0 bridgehead atoms. The van der Waals surface area contributed by atoms with Crippen LogP contribution in [0.25, 0.3) is 0 Å². The molecule has 1 rings (SSSR count). The van der Waals surface area contributed by atoms with E-state index >= 15 is 0 Å². The third kappa shape index (κ3) is 4.23. The van der Waals surface area contributed by atoms with Crippen LogP contribution in [0, 0.1) is 0 Å². The van der Waals surface area contributed by atoms with Gasteiger partial charge in [0.15, 0.2) is 0 Å². The highest BCUT2D eigenvalue weighted by atomic mass is 19.4. The Morgan fingerprint density at radius 1 is 1.35 bits per heavy atom. The summed E-state index contributed by atoms with van der Waals surface area (Å²) in [4.78, 5) is 13.3. The maximum Gasteiger partial charge on any atom is 0.416 e. The summed E-state index contributed by atoms with van der Waals surface area (Å²) in [6.45, 7) is 4.04. The maximum atomic E-state index is 12.8. The van der Waals surface area contributed by atoms with Crippen molar-refractivity contribution in [3.8, 4) is 0 Å². The molecule has 3 nitrogen and oxygen atoms in total. The van der Waals surface area contributed by atoms with Gasteiger partial charge in [-0.25, -0.2) is 0 Å². The molecular weight excluding hydrogens is 269 g/mol.